The van der Waals surface area contributed by atoms with Crippen LogP contribution in [0.3, 0.4) is 0 Å². The van der Waals surface area contributed by atoms with Crippen molar-refractivity contribution in [3.05, 3.63) is 64.9 Å². The third-order valence-electron chi connectivity index (χ3n) is 3.34. The van der Waals surface area contributed by atoms with Crippen LogP contribution in [0.1, 0.15) is 31.7 Å². The van der Waals surface area contributed by atoms with Gasteiger partial charge in [-0.1, -0.05) is 56.3 Å². The van der Waals surface area contributed by atoms with Gasteiger partial charge in [-0.25, -0.2) is 8.42 Å². The Morgan fingerprint density at radius 3 is 2.15 bits per heavy atom. The van der Waals surface area contributed by atoms with Crippen molar-refractivity contribution >= 4 is 15.7 Å². The van der Waals surface area contributed by atoms with Gasteiger partial charge in [-0.15, -0.1) is 5.69 Å². The van der Waals surface area contributed by atoms with Crippen LogP contribution >= 0.6 is 0 Å². The van der Waals surface area contributed by atoms with Crippen molar-refractivity contribution in [2.75, 3.05) is 0 Å². The van der Waals surface area contributed by atoms with Gasteiger partial charge in [-0.05, 0) is 30.0 Å². The molecule has 0 heterocycles. The van der Waals surface area contributed by atoms with E-state index in [1.807, 2.05) is 18.2 Å². The van der Waals surface area contributed by atoms with Gasteiger partial charge in [0.15, 0.2) is 0 Å². The van der Waals surface area contributed by atoms with Crippen LogP contribution in [0.5, 0.6) is 0 Å². The van der Waals surface area contributed by atoms with E-state index in [1.54, 1.807) is 36.4 Å². The molecule has 2 aromatic carbocycles. The molecule has 0 aliphatic rings. The summed E-state index contributed by atoms with van der Waals surface area (Å²) >= 11 is 0. The van der Waals surface area contributed by atoms with Gasteiger partial charge in [-0.3, -0.25) is 0 Å². The van der Waals surface area contributed by atoms with E-state index in [-0.39, 0.29) is 4.90 Å². The van der Waals surface area contributed by atoms with Crippen molar-refractivity contribution in [2.24, 2.45) is 0 Å². The first kappa shape index (κ1) is 14.6. The van der Waals surface area contributed by atoms with Crippen molar-refractivity contribution in [1.29, 1.82) is 0 Å². The molecule has 0 amide bonds. The highest BCUT2D eigenvalue weighted by Gasteiger charge is 2.07. The fraction of sp³-hybridized carbons (Fsp3) is 0.250. The summed E-state index contributed by atoms with van der Waals surface area (Å²) < 4.78 is 28.2. The van der Waals surface area contributed by atoms with Crippen LogP contribution in [0.15, 0.2) is 59.5 Å². The van der Waals surface area contributed by atoms with Crippen molar-refractivity contribution in [2.45, 2.75) is 31.1 Å². The molecule has 0 N–H and O–H groups in total. The smallest absolute Gasteiger partial charge is 0.123 e. The summed E-state index contributed by atoms with van der Waals surface area (Å²) in [7, 11) is -3.64. The highest BCUT2D eigenvalue weighted by atomic mass is 32.2. The molecule has 20 heavy (non-hydrogen) atoms. The minimum Gasteiger partial charge on any atom is -0.573 e. The summed E-state index contributed by atoms with van der Waals surface area (Å²) in [6.45, 7) is 4.23. The lowest BCUT2D eigenvalue weighted by Crippen LogP contribution is -1.99. The topological polar surface area (TPSA) is 48.2 Å². The number of rotatable bonds is 5. The highest BCUT2D eigenvalue weighted by molar-refractivity contribution is 7.94. The Morgan fingerprint density at radius 1 is 1.00 bits per heavy atom. The second kappa shape index (κ2) is 6.09. The van der Waals surface area contributed by atoms with Crippen LogP contribution < -0.4 is 0 Å². The molecular weight excluding hydrogens is 270 g/mol. The summed E-state index contributed by atoms with van der Waals surface area (Å²) in [4.78, 5) is 0.230. The minimum absolute atomic E-state index is 0.230. The molecule has 4 heteroatoms. The monoisotopic (exact) mass is 288 g/mol. The van der Waals surface area contributed by atoms with Crippen LogP contribution in [0.4, 0.5) is 5.69 Å². The zero-order valence-corrected chi connectivity index (χ0v) is 12.5. The van der Waals surface area contributed by atoms with Gasteiger partial charge in [0, 0.05) is 0 Å². The molecule has 0 radical (unpaired) electrons. The Labute approximate surface area is 120 Å². The van der Waals surface area contributed by atoms with Crippen molar-refractivity contribution < 1.29 is 8.42 Å². The molecule has 2 aromatic rings. The number of hydrogen-bond donors (Lipinski definition) is 0. The SMILES string of the molecule is CCC(C)c1ccc(S(=O)(=O)[N-]c2ccccc2)cc1. The summed E-state index contributed by atoms with van der Waals surface area (Å²) in [6, 6.07) is 15.7. The lowest BCUT2D eigenvalue weighted by Gasteiger charge is -2.22. The van der Waals surface area contributed by atoms with Crippen LogP contribution in [0, 0.1) is 0 Å². The maximum atomic E-state index is 12.2. The Bertz CT molecular complexity index is 649. The predicted octanol–water partition coefficient (Wildman–Crippen LogP) is 4.59. The van der Waals surface area contributed by atoms with E-state index in [1.165, 1.54) is 0 Å². The van der Waals surface area contributed by atoms with Crippen LogP contribution in [0.2, 0.25) is 0 Å². The summed E-state index contributed by atoms with van der Waals surface area (Å²) in [5, 5.41) is 0. The molecule has 0 aromatic heterocycles. The van der Waals surface area contributed by atoms with Gasteiger partial charge in [0.2, 0.25) is 0 Å². The number of benzene rings is 2. The minimum atomic E-state index is -3.64. The fourth-order valence-corrected chi connectivity index (χ4v) is 2.87. The van der Waals surface area contributed by atoms with Gasteiger partial charge < -0.3 is 4.72 Å². The maximum Gasteiger partial charge on any atom is 0.123 e. The van der Waals surface area contributed by atoms with E-state index in [9.17, 15) is 8.42 Å². The molecule has 2 rings (SSSR count). The lowest BCUT2D eigenvalue weighted by atomic mass is 9.99. The van der Waals surface area contributed by atoms with Gasteiger partial charge >= 0.3 is 0 Å². The molecule has 3 nitrogen and oxygen atoms in total. The molecule has 0 aliphatic heterocycles. The molecule has 106 valence electrons. The number of nitrogens with zero attached hydrogens (tertiary/aromatic N) is 1. The number of sulfonamides is 1. The zero-order valence-electron chi connectivity index (χ0n) is 11.7. The zero-order chi connectivity index (χ0) is 14.6. The first-order valence-corrected chi connectivity index (χ1v) is 8.10. The third kappa shape index (κ3) is 3.39. The van der Waals surface area contributed by atoms with E-state index in [4.69, 9.17) is 0 Å². The fourth-order valence-electron chi connectivity index (χ4n) is 1.88. The van der Waals surface area contributed by atoms with E-state index >= 15 is 0 Å². The third-order valence-corrected chi connectivity index (χ3v) is 4.66. The molecule has 1 unspecified atom stereocenters. The lowest BCUT2D eigenvalue weighted by molar-refractivity contribution is 0.603. The highest BCUT2D eigenvalue weighted by Crippen LogP contribution is 2.28. The van der Waals surface area contributed by atoms with E-state index in [0.29, 0.717) is 11.6 Å². The molecule has 0 bridgehead atoms. The molecule has 0 fully saturated rings. The average Bonchev–Trinajstić information content (AvgIpc) is 2.47. The maximum absolute atomic E-state index is 12.2. The summed E-state index contributed by atoms with van der Waals surface area (Å²) in [5.74, 6) is 0.429. The Morgan fingerprint density at radius 2 is 1.60 bits per heavy atom. The molecular formula is C16H18NO2S-. The first-order valence-electron chi connectivity index (χ1n) is 6.66. The normalized spacial score (nSPS) is 12.9. The Kier molecular flexibility index (Phi) is 4.45. The Hall–Kier alpha value is -1.81. The average molecular weight is 288 g/mol. The van der Waals surface area contributed by atoms with E-state index in [2.05, 4.69) is 18.6 Å². The van der Waals surface area contributed by atoms with Gasteiger partial charge in [-0.2, -0.15) is 0 Å². The van der Waals surface area contributed by atoms with Crippen molar-refractivity contribution in [1.82, 2.24) is 0 Å². The van der Waals surface area contributed by atoms with Gasteiger partial charge in [0.05, 0.1) is 4.90 Å². The van der Waals surface area contributed by atoms with Crippen LogP contribution in [0.25, 0.3) is 4.72 Å². The van der Waals surface area contributed by atoms with Crippen LogP contribution in [-0.2, 0) is 10.0 Å². The molecule has 0 spiro atoms. The Balaban J connectivity index is 2.22. The molecule has 0 saturated carbocycles. The van der Waals surface area contributed by atoms with Gasteiger partial charge in [0.1, 0.15) is 10.0 Å². The second-order valence-electron chi connectivity index (χ2n) is 4.78. The summed E-state index contributed by atoms with van der Waals surface area (Å²) in [6.07, 6.45) is 1.03. The number of hydrogen-bond acceptors (Lipinski definition) is 2. The van der Waals surface area contributed by atoms with Crippen molar-refractivity contribution in [3.8, 4) is 0 Å². The van der Waals surface area contributed by atoms with E-state index in [0.717, 1.165) is 12.0 Å². The summed E-state index contributed by atoms with van der Waals surface area (Å²) in [5.41, 5.74) is 1.59. The second-order valence-corrected chi connectivity index (χ2v) is 6.38. The van der Waals surface area contributed by atoms with E-state index < -0.39 is 10.0 Å². The van der Waals surface area contributed by atoms with Gasteiger partial charge in [0.25, 0.3) is 0 Å². The predicted molar refractivity (Wildman–Crippen MR) is 81.8 cm³/mol. The quantitative estimate of drug-likeness (QED) is 0.807. The largest absolute Gasteiger partial charge is 0.573 e. The first-order chi connectivity index (χ1) is 9.53. The molecule has 0 aliphatic carbocycles. The molecule has 0 saturated heterocycles. The van der Waals surface area contributed by atoms with Crippen LogP contribution in [-0.4, -0.2) is 8.42 Å². The standard InChI is InChI=1S/C16H18NO2S/c1-3-13(2)14-9-11-16(12-10-14)20(18,19)17-15-7-5-4-6-8-15/h4-13H,3H2,1-2H3/q-1. The molecule has 1 atom stereocenters. The van der Waals surface area contributed by atoms with Crippen molar-refractivity contribution in [3.63, 3.8) is 0 Å².